The van der Waals surface area contributed by atoms with E-state index in [1.807, 2.05) is 6.92 Å². The second kappa shape index (κ2) is 8.32. The van der Waals surface area contributed by atoms with Crippen LogP contribution in [0.3, 0.4) is 0 Å². The van der Waals surface area contributed by atoms with E-state index >= 15 is 0 Å². The Balaban J connectivity index is 2.18. The van der Waals surface area contributed by atoms with Crippen LogP contribution in [0.2, 0.25) is 0 Å². The molecule has 2 aromatic carbocycles. The Morgan fingerprint density at radius 2 is 1.76 bits per heavy atom. The van der Waals surface area contributed by atoms with E-state index in [1.165, 1.54) is 12.1 Å². The number of carboxylic acids is 1. The molecule has 0 aromatic heterocycles. The summed E-state index contributed by atoms with van der Waals surface area (Å²) >= 11 is 0. The summed E-state index contributed by atoms with van der Waals surface area (Å²) in [5, 5.41) is 12.8. The maximum Gasteiger partial charge on any atom is 0.573 e. The molecule has 5 nitrogen and oxygen atoms in total. The maximum atomic E-state index is 13.0. The molecule has 0 saturated carbocycles. The summed E-state index contributed by atoms with van der Waals surface area (Å²) in [7, 11) is 0. The number of aromatic carboxylic acids is 1. The van der Waals surface area contributed by atoms with Gasteiger partial charge in [0.05, 0.1) is 11.3 Å². The lowest BCUT2D eigenvalue weighted by molar-refractivity contribution is -0.274. The van der Waals surface area contributed by atoms with Gasteiger partial charge in [-0.2, -0.15) is 0 Å². The second-order valence-corrected chi connectivity index (χ2v) is 7.13. The number of carbonyl (C=O) groups is 1. The van der Waals surface area contributed by atoms with Gasteiger partial charge in [0.2, 0.25) is 0 Å². The maximum absolute atomic E-state index is 13.0. The highest BCUT2D eigenvalue weighted by atomic mass is 19.4. The van der Waals surface area contributed by atoms with E-state index in [0.717, 1.165) is 18.7 Å². The van der Waals surface area contributed by atoms with E-state index in [4.69, 9.17) is 0 Å². The predicted molar refractivity (Wildman–Crippen MR) is 104 cm³/mol. The molecule has 0 bridgehead atoms. The Morgan fingerprint density at radius 1 is 1.10 bits per heavy atom. The lowest BCUT2D eigenvalue weighted by Gasteiger charge is -2.38. The zero-order chi connectivity index (χ0) is 21.2. The zero-order valence-corrected chi connectivity index (χ0v) is 16.2. The average molecular weight is 408 g/mol. The van der Waals surface area contributed by atoms with Gasteiger partial charge in [0.1, 0.15) is 0 Å². The van der Waals surface area contributed by atoms with Crippen molar-refractivity contribution in [2.24, 2.45) is 0 Å². The number of hydrogen-bond acceptors (Lipinski definition) is 4. The number of hydrogen-bond donors (Lipinski definition) is 2. The number of nitrogens with one attached hydrogen (secondary N) is 1. The Morgan fingerprint density at radius 3 is 2.38 bits per heavy atom. The Bertz CT molecular complexity index is 893. The largest absolute Gasteiger partial charge is 0.573 e. The monoisotopic (exact) mass is 408 g/mol. The highest BCUT2D eigenvalue weighted by Crippen LogP contribution is 2.41. The summed E-state index contributed by atoms with van der Waals surface area (Å²) < 4.78 is 43.3. The van der Waals surface area contributed by atoms with Crippen molar-refractivity contribution in [2.75, 3.05) is 18.0 Å². The van der Waals surface area contributed by atoms with Crippen molar-refractivity contribution in [1.29, 1.82) is 0 Å². The third kappa shape index (κ3) is 4.82. The molecule has 0 amide bonds. The molecular weight excluding hydrogens is 385 g/mol. The molecule has 8 heteroatoms. The van der Waals surface area contributed by atoms with E-state index in [2.05, 4.69) is 10.1 Å². The lowest BCUT2D eigenvalue weighted by Crippen LogP contribution is -2.41. The van der Waals surface area contributed by atoms with Crippen LogP contribution in [0.15, 0.2) is 36.4 Å². The molecule has 2 aromatic rings. The molecule has 0 unspecified atom stereocenters. The number of halogens is 3. The molecule has 1 aliphatic heterocycles. The fraction of sp³-hybridized carbons (Fsp3) is 0.381. The van der Waals surface area contributed by atoms with Gasteiger partial charge in [0.15, 0.2) is 5.75 Å². The average Bonchev–Trinajstić information content (AvgIpc) is 2.64. The second-order valence-electron chi connectivity index (χ2n) is 7.13. The highest BCUT2D eigenvalue weighted by Gasteiger charge is 2.34. The number of benzene rings is 2. The Kier molecular flexibility index (Phi) is 6.02. The van der Waals surface area contributed by atoms with Crippen molar-refractivity contribution < 1.29 is 27.8 Å². The van der Waals surface area contributed by atoms with Crippen molar-refractivity contribution in [3.8, 4) is 5.75 Å². The first-order chi connectivity index (χ1) is 13.7. The van der Waals surface area contributed by atoms with Crippen molar-refractivity contribution in [3.05, 3.63) is 53.1 Å². The van der Waals surface area contributed by atoms with Gasteiger partial charge in [-0.05, 0) is 69.1 Å². The van der Waals surface area contributed by atoms with Crippen LogP contribution in [0, 0.1) is 13.8 Å². The predicted octanol–water partition coefficient (Wildman–Crippen LogP) is 4.79. The van der Waals surface area contributed by atoms with Gasteiger partial charge >= 0.3 is 12.3 Å². The molecule has 29 heavy (non-hydrogen) atoms. The van der Waals surface area contributed by atoms with Gasteiger partial charge in [0, 0.05) is 11.7 Å². The number of piperidine rings is 1. The van der Waals surface area contributed by atoms with Gasteiger partial charge in [-0.15, -0.1) is 13.2 Å². The zero-order valence-electron chi connectivity index (χ0n) is 16.2. The summed E-state index contributed by atoms with van der Waals surface area (Å²) in [4.78, 5) is 13.5. The first-order valence-electron chi connectivity index (χ1n) is 9.36. The van der Waals surface area contributed by atoms with Gasteiger partial charge in [-0.3, -0.25) is 0 Å². The first kappa shape index (κ1) is 21.0. The van der Waals surface area contributed by atoms with Crippen molar-refractivity contribution in [3.63, 3.8) is 0 Å². The molecule has 0 atom stereocenters. The molecule has 156 valence electrons. The number of aryl methyl sites for hydroxylation is 2. The van der Waals surface area contributed by atoms with Gasteiger partial charge in [-0.1, -0.05) is 18.2 Å². The number of rotatable bonds is 5. The SMILES string of the molecule is Cc1cc(C)c(N(c2ccccc2OC(F)(F)F)C2CCNCC2)cc1C(=O)O. The van der Waals surface area contributed by atoms with Crippen LogP contribution in [-0.2, 0) is 0 Å². The molecule has 1 fully saturated rings. The van der Waals surface area contributed by atoms with Gasteiger partial charge < -0.3 is 20.1 Å². The topological polar surface area (TPSA) is 61.8 Å². The molecule has 3 rings (SSSR count). The Labute approximate surface area is 167 Å². The molecule has 0 radical (unpaired) electrons. The van der Waals surface area contributed by atoms with Crippen LogP contribution in [0.4, 0.5) is 24.5 Å². The van der Waals surface area contributed by atoms with Crippen LogP contribution in [0.5, 0.6) is 5.75 Å². The molecule has 0 aliphatic carbocycles. The third-order valence-electron chi connectivity index (χ3n) is 5.06. The third-order valence-corrected chi connectivity index (χ3v) is 5.06. The van der Waals surface area contributed by atoms with E-state index in [0.29, 0.717) is 24.1 Å². The number of alkyl halides is 3. The van der Waals surface area contributed by atoms with E-state index in [-0.39, 0.29) is 23.0 Å². The molecule has 1 aliphatic rings. The van der Waals surface area contributed by atoms with Gasteiger partial charge in [0.25, 0.3) is 0 Å². The molecule has 0 spiro atoms. The summed E-state index contributed by atoms with van der Waals surface area (Å²) in [5.41, 5.74) is 2.34. The summed E-state index contributed by atoms with van der Waals surface area (Å²) in [5.74, 6) is -1.38. The molecular formula is C21H23F3N2O3. The normalized spacial score (nSPS) is 15.2. The highest BCUT2D eigenvalue weighted by molar-refractivity contribution is 5.91. The Hall–Kier alpha value is -2.74. The van der Waals surface area contributed by atoms with Crippen molar-refractivity contribution >= 4 is 17.3 Å². The standard InChI is InChI=1S/C21H23F3N2O3/c1-13-11-14(2)18(12-16(13)20(27)28)26(15-7-9-25-10-8-15)17-5-3-4-6-19(17)29-21(22,23)24/h3-6,11-12,15,25H,7-10H2,1-2H3,(H,27,28). The minimum Gasteiger partial charge on any atom is -0.478 e. The van der Waals surface area contributed by atoms with Crippen LogP contribution in [0.25, 0.3) is 0 Å². The molecule has 2 N–H and O–H groups in total. The van der Waals surface area contributed by atoms with E-state index in [9.17, 15) is 23.1 Å². The van der Waals surface area contributed by atoms with Crippen molar-refractivity contribution in [2.45, 2.75) is 39.1 Å². The quantitative estimate of drug-likeness (QED) is 0.745. The van der Waals surface area contributed by atoms with E-state index < -0.39 is 12.3 Å². The lowest BCUT2D eigenvalue weighted by atomic mass is 9.98. The van der Waals surface area contributed by atoms with E-state index in [1.54, 1.807) is 36.1 Å². The van der Waals surface area contributed by atoms with Crippen molar-refractivity contribution in [1.82, 2.24) is 5.32 Å². The number of anilines is 2. The van der Waals surface area contributed by atoms with Crippen LogP contribution in [-0.4, -0.2) is 36.6 Å². The van der Waals surface area contributed by atoms with Gasteiger partial charge in [-0.25, -0.2) is 4.79 Å². The first-order valence-corrected chi connectivity index (χ1v) is 9.36. The minimum absolute atomic E-state index is 0.0997. The molecule has 1 heterocycles. The summed E-state index contributed by atoms with van der Waals surface area (Å²) in [6, 6.07) is 9.17. The fourth-order valence-corrected chi connectivity index (χ4v) is 3.79. The number of nitrogens with zero attached hydrogens (tertiary/aromatic N) is 1. The van der Waals surface area contributed by atoms with Crippen LogP contribution >= 0.6 is 0 Å². The number of ether oxygens (including phenoxy) is 1. The molecule has 1 saturated heterocycles. The van der Waals surface area contributed by atoms with Crippen LogP contribution < -0.4 is 15.0 Å². The minimum atomic E-state index is -4.83. The number of para-hydroxylation sites is 2. The number of carboxylic acid groups (broad SMARTS) is 1. The smallest absolute Gasteiger partial charge is 0.478 e. The van der Waals surface area contributed by atoms with Crippen LogP contribution in [0.1, 0.15) is 34.3 Å². The fourth-order valence-electron chi connectivity index (χ4n) is 3.79. The summed E-state index contributed by atoms with van der Waals surface area (Å²) in [6.07, 6.45) is -3.42. The summed E-state index contributed by atoms with van der Waals surface area (Å²) in [6.45, 7) is 4.98.